The van der Waals surface area contributed by atoms with E-state index < -0.39 is 0 Å². The molecule has 5 rings (SSSR count). The van der Waals surface area contributed by atoms with E-state index >= 15 is 0 Å². The highest BCUT2D eigenvalue weighted by Crippen LogP contribution is 2.29. The lowest BCUT2D eigenvalue weighted by Gasteiger charge is -2.30. The third-order valence-corrected chi connectivity index (χ3v) is 6.40. The van der Waals surface area contributed by atoms with Crippen molar-refractivity contribution in [3.63, 3.8) is 0 Å². The number of rotatable bonds is 5. The molecule has 0 saturated carbocycles. The van der Waals surface area contributed by atoms with Crippen molar-refractivity contribution >= 4 is 17.2 Å². The smallest absolute Gasteiger partial charge is 0.273 e. The van der Waals surface area contributed by atoms with Crippen LogP contribution in [0.4, 0.5) is 4.39 Å². The summed E-state index contributed by atoms with van der Waals surface area (Å²) in [5, 5.41) is 6.76. The molecule has 0 radical (unpaired) electrons. The van der Waals surface area contributed by atoms with Crippen LogP contribution in [0.25, 0.3) is 11.4 Å². The maximum atomic E-state index is 13.5. The zero-order chi connectivity index (χ0) is 21.9. The lowest BCUT2D eigenvalue weighted by atomic mass is 9.97. The summed E-state index contributed by atoms with van der Waals surface area (Å²) >= 11 is 1.51. The third-order valence-electron chi connectivity index (χ3n) is 5.55. The fraction of sp³-hybridized carbons (Fsp3) is 0.250. The second kappa shape index (κ2) is 9.00. The highest BCUT2D eigenvalue weighted by atomic mass is 32.1. The molecule has 0 bridgehead atoms. The van der Waals surface area contributed by atoms with Crippen LogP contribution >= 0.6 is 11.3 Å². The molecule has 6 nitrogen and oxygen atoms in total. The van der Waals surface area contributed by atoms with Gasteiger partial charge >= 0.3 is 0 Å². The van der Waals surface area contributed by atoms with Gasteiger partial charge in [-0.2, -0.15) is 4.98 Å². The number of aromatic nitrogens is 3. The van der Waals surface area contributed by atoms with Crippen LogP contribution < -0.4 is 0 Å². The SMILES string of the molecule is O=C(c1csc(Cc2ccccc2)n1)N1CCCC(c2nc(-c3cccc(F)c3)no2)C1. The van der Waals surface area contributed by atoms with Crippen molar-refractivity contribution < 1.29 is 13.7 Å². The first-order valence-electron chi connectivity index (χ1n) is 10.5. The molecule has 2 aromatic carbocycles. The van der Waals surface area contributed by atoms with Crippen molar-refractivity contribution in [3.8, 4) is 11.4 Å². The van der Waals surface area contributed by atoms with Crippen LogP contribution in [0.5, 0.6) is 0 Å². The number of piperidine rings is 1. The molecule has 0 aliphatic carbocycles. The highest BCUT2D eigenvalue weighted by molar-refractivity contribution is 7.09. The molecule has 1 saturated heterocycles. The fourth-order valence-corrected chi connectivity index (χ4v) is 4.73. The second-order valence-corrected chi connectivity index (χ2v) is 8.79. The minimum absolute atomic E-state index is 0.0510. The lowest BCUT2D eigenvalue weighted by Crippen LogP contribution is -2.39. The Kier molecular flexibility index (Phi) is 5.77. The Morgan fingerprint density at radius 2 is 2.03 bits per heavy atom. The van der Waals surface area contributed by atoms with E-state index in [-0.39, 0.29) is 17.6 Å². The zero-order valence-electron chi connectivity index (χ0n) is 17.3. The maximum Gasteiger partial charge on any atom is 0.273 e. The minimum Gasteiger partial charge on any atom is -0.339 e. The van der Waals surface area contributed by atoms with Gasteiger partial charge in [-0.05, 0) is 30.5 Å². The number of carbonyl (C=O) groups is 1. The predicted octanol–water partition coefficient (Wildman–Crippen LogP) is 4.94. The van der Waals surface area contributed by atoms with Crippen molar-refractivity contribution in [1.82, 2.24) is 20.0 Å². The number of thiazole rings is 1. The monoisotopic (exact) mass is 448 g/mol. The Balaban J connectivity index is 1.27. The molecule has 1 aliphatic heterocycles. The number of hydrogen-bond acceptors (Lipinski definition) is 6. The highest BCUT2D eigenvalue weighted by Gasteiger charge is 2.30. The van der Waals surface area contributed by atoms with E-state index in [2.05, 4.69) is 27.3 Å². The number of benzene rings is 2. The van der Waals surface area contributed by atoms with Gasteiger partial charge in [-0.15, -0.1) is 11.3 Å². The summed E-state index contributed by atoms with van der Waals surface area (Å²) in [5.41, 5.74) is 2.22. The van der Waals surface area contributed by atoms with Crippen LogP contribution in [-0.2, 0) is 6.42 Å². The largest absolute Gasteiger partial charge is 0.339 e. The summed E-state index contributed by atoms with van der Waals surface area (Å²) in [4.78, 5) is 23.9. The van der Waals surface area contributed by atoms with Gasteiger partial charge in [0.15, 0.2) is 0 Å². The van der Waals surface area contributed by atoms with Crippen LogP contribution in [0.3, 0.4) is 0 Å². The molecule has 4 aromatic rings. The summed E-state index contributed by atoms with van der Waals surface area (Å²) in [7, 11) is 0. The molecule has 0 N–H and O–H groups in total. The average molecular weight is 449 g/mol. The molecule has 8 heteroatoms. The van der Waals surface area contributed by atoms with Crippen LogP contribution in [0, 0.1) is 5.82 Å². The van der Waals surface area contributed by atoms with Gasteiger partial charge in [-0.25, -0.2) is 9.37 Å². The summed E-state index contributed by atoms with van der Waals surface area (Å²) in [6, 6.07) is 16.2. The van der Waals surface area contributed by atoms with E-state index in [1.54, 1.807) is 12.1 Å². The van der Waals surface area contributed by atoms with Crippen LogP contribution in [0.1, 0.15) is 45.7 Å². The van der Waals surface area contributed by atoms with Crippen molar-refractivity contribution in [2.24, 2.45) is 0 Å². The number of likely N-dealkylation sites (tertiary alicyclic amines) is 1. The van der Waals surface area contributed by atoms with E-state index in [1.165, 1.54) is 29.0 Å². The number of hydrogen-bond donors (Lipinski definition) is 0. The van der Waals surface area contributed by atoms with Gasteiger partial charge in [-0.3, -0.25) is 4.79 Å². The molecule has 32 heavy (non-hydrogen) atoms. The molecule has 1 amide bonds. The Morgan fingerprint density at radius 1 is 1.16 bits per heavy atom. The van der Waals surface area contributed by atoms with Crippen molar-refractivity contribution in [2.75, 3.05) is 13.1 Å². The minimum atomic E-state index is -0.349. The standard InChI is InChI=1S/C24H21FN4O2S/c25-19-10-4-8-17(13-19)22-27-23(31-28-22)18-9-5-11-29(14-18)24(30)20-15-32-21(26-20)12-16-6-2-1-3-7-16/h1-4,6-8,10,13,15,18H,5,9,11-12,14H2. The van der Waals surface area contributed by atoms with Gasteiger partial charge < -0.3 is 9.42 Å². The molecule has 1 aliphatic rings. The summed E-state index contributed by atoms with van der Waals surface area (Å²) < 4.78 is 19.0. The quantitative estimate of drug-likeness (QED) is 0.432. The van der Waals surface area contributed by atoms with E-state index in [0.29, 0.717) is 42.5 Å². The normalized spacial score (nSPS) is 16.3. The molecule has 2 aromatic heterocycles. The first-order valence-corrected chi connectivity index (χ1v) is 11.4. The van der Waals surface area contributed by atoms with Gasteiger partial charge in [0.25, 0.3) is 5.91 Å². The molecule has 1 fully saturated rings. The van der Waals surface area contributed by atoms with Crippen molar-refractivity contribution in [2.45, 2.75) is 25.2 Å². The van der Waals surface area contributed by atoms with Gasteiger partial charge in [0.2, 0.25) is 11.7 Å². The van der Waals surface area contributed by atoms with Gasteiger partial charge in [-0.1, -0.05) is 47.6 Å². The van der Waals surface area contributed by atoms with Crippen molar-refractivity contribution in [3.05, 3.63) is 88.0 Å². The fourth-order valence-electron chi connectivity index (χ4n) is 3.93. The molecule has 3 heterocycles. The van der Waals surface area contributed by atoms with Crippen LogP contribution in [0.15, 0.2) is 64.5 Å². The molecule has 1 unspecified atom stereocenters. The van der Waals surface area contributed by atoms with Crippen molar-refractivity contribution in [1.29, 1.82) is 0 Å². The zero-order valence-corrected chi connectivity index (χ0v) is 18.1. The third kappa shape index (κ3) is 4.45. The van der Waals surface area contributed by atoms with Crippen LogP contribution in [-0.4, -0.2) is 39.0 Å². The summed E-state index contributed by atoms with van der Waals surface area (Å²) in [6.07, 6.45) is 2.41. The lowest BCUT2D eigenvalue weighted by molar-refractivity contribution is 0.0690. The second-order valence-electron chi connectivity index (χ2n) is 7.85. The van der Waals surface area contributed by atoms with E-state index in [9.17, 15) is 9.18 Å². The summed E-state index contributed by atoms with van der Waals surface area (Å²) in [5.74, 6) is 0.357. The maximum absolute atomic E-state index is 13.5. The number of carbonyl (C=O) groups excluding carboxylic acids is 1. The Bertz CT molecular complexity index is 1220. The number of amides is 1. The number of halogens is 1. The molecular formula is C24H21FN4O2S. The molecule has 0 spiro atoms. The first kappa shape index (κ1) is 20.5. The first-order chi connectivity index (χ1) is 15.7. The van der Waals surface area contributed by atoms with Crippen LogP contribution in [0.2, 0.25) is 0 Å². The topological polar surface area (TPSA) is 72.1 Å². The van der Waals surface area contributed by atoms with E-state index in [4.69, 9.17) is 4.52 Å². The molecular weight excluding hydrogens is 427 g/mol. The predicted molar refractivity (Wildman–Crippen MR) is 119 cm³/mol. The Morgan fingerprint density at radius 3 is 2.88 bits per heavy atom. The van der Waals surface area contributed by atoms with Gasteiger partial charge in [0, 0.05) is 30.5 Å². The molecule has 1 atom stereocenters. The van der Waals surface area contributed by atoms with Gasteiger partial charge in [0.05, 0.1) is 10.9 Å². The van der Waals surface area contributed by atoms with E-state index in [0.717, 1.165) is 17.8 Å². The number of nitrogens with zero attached hydrogens (tertiary/aromatic N) is 4. The van der Waals surface area contributed by atoms with Gasteiger partial charge in [0.1, 0.15) is 11.5 Å². The molecule has 162 valence electrons. The summed E-state index contributed by atoms with van der Waals surface area (Å²) in [6.45, 7) is 1.17. The Hall–Kier alpha value is -3.39. The van der Waals surface area contributed by atoms with E-state index in [1.807, 2.05) is 28.5 Å². The average Bonchev–Trinajstić information content (AvgIpc) is 3.50. The Labute approximate surface area is 188 Å².